The van der Waals surface area contributed by atoms with Crippen LogP contribution in [0, 0.1) is 6.92 Å². The minimum atomic E-state index is -0.528. The van der Waals surface area contributed by atoms with Crippen molar-refractivity contribution in [2.75, 3.05) is 13.7 Å². The number of carbonyl (C=O) groups is 1. The third-order valence-electron chi connectivity index (χ3n) is 5.34. The van der Waals surface area contributed by atoms with E-state index in [-0.39, 0.29) is 0 Å². The SMILES string of the molecule is COCCn1cc(-c2cc3c(-c4ccc(CNC(=O)OC(C)(C)C)c(C)c4)ncnn3c2)cn1. The molecule has 0 saturated heterocycles. The number of aryl methyl sites for hydroxylation is 1. The van der Waals surface area contributed by atoms with Crippen LogP contribution in [-0.2, 0) is 22.6 Å². The highest BCUT2D eigenvalue weighted by Gasteiger charge is 2.16. The Morgan fingerprint density at radius 1 is 1.09 bits per heavy atom. The van der Waals surface area contributed by atoms with E-state index in [4.69, 9.17) is 9.47 Å². The van der Waals surface area contributed by atoms with E-state index >= 15 is 0 Å². The van der Waals surface area contributed by atoms with Gasteiger partial charge < -0.3 is 14.8 Å². The Hall–Kier alpha value is -3.72. The van der Waals surface area contributed by atoms with Gasteiger partial charge in [0.05, 0.1) is 30.6 Å². The number of rotatable bonds is 7. The van der Waals surface area contributed by atoms with Crippen molar-refractivity contribution in [2.24, 2.45) is 0 Å². The van der Waals surface area contributed by atoms with E-state index in [1.54, 1.807) is 13.4 Å². The van der Waals surface area contributed by atoms with Crippen LogP contribution in [0.15, 0.2) is 49.2 Å². The Bertz CT molecular complexity index is 1300. The Balaban J connectivity index is 1.56. The Morgan fingerprint density at radius 3 is 2.65 bits per heavy atom. The number of fused-ring (bicyclic) bond motifs is 1. The molecule has 0 radical (unpaired) electrons. The average Bonchev–Trinajstić information content (AvgIpc) is 3.42. The van der Waals surface area contributed by atoms with Gasteiger partial charge in [-0.15, -0.1) is 0 Å². The van der Waals surface area contributed by atoms with E-state index in [2.05, 4.69) is 32.6 Å². The second-order valence-corrected chi connectivity index (χ2v) is 9.15. The van der Waals surface area contributed by atoms with Crippen molar-refractivity contribution >= 4 is 11.6 Å². The quantitative estimate of drug-likeness (QED) is 0.441. The molecule has 9 nitrogen and oxygen atoms in total. The maximum absolute atomic E-state index is 12.0. The molecule has 1 N–H and O–H groups in total. The van der Waals surface area contributed by atoms with Gasteiger partial charge in [0.25, 0.3) is 0 Å². The Labute approximate surface area is 198 Å². The summed E-state index contributed by atoms with van der Waals surface area (Å²) in [5.41, 5.74) is 6.28. The number of amides is 1. The predicted molar refractivity (Wildman–Crippen MR) is 129 cm³/mol. The fourth-order valence-electron chi connectivity index (χ4n) is 3.65. The van der Waals surface area contributed by atoms with E-state index < -0.39 is 11.7 Å². The first kappa shape index (κ1) is 23.4. The highest BCUT2D eigenvalue weighted by atomic mass is 16.6. The molecule has 3 heterocycles. The van der Waals surface area contributed by atoms with Crippen LogP contribution in [0.1, 0.15) is 31.9 Å². The highest BCUT2D eigenvalue weighted by Crippen LogP contribution is 2.29. The van der Waals surface area contributed by atoms with Gasteiger partial charge in [-0.25, -0.2) is 14.3 Å². The van der Waals surface area contributed by atoms with Crippen LogP contribution in [-0.4, -0.2) is 49.8 Å². The first-order valence-electron chi connectivity index (χ1n) is 11.2. The number of benzene rings is 1. The smallest absolute Gasteiger partial charge is 0.407 e. The summed E-state index contributed by atoms with van der Waals surface area (Å²) in [6.45, 7) is 9.25. The van der Waals surface area contributed by atoms with Crippen molar-refractivity contribution in [3.05, 3.63) is 60.3 Å². The van der Waals surface area contributed by atoms with E-state index in [1.807, 2.05) is 67.6 Å². The average molecular weight is 463 g/mol. The molecular weight excluding hydrogens is 432 g/mol. The summed E-state index contributed by atoms with van der Waals surface area (Å²) in [4.78, 5) is 16.5. The number of carbonyl (C=O) groups excluding carboxylic acids is 1. The van der Waals surface area contributed by atoms with E-state index in [0.717, 1.165) is 39.0 Å². The van der Waals surface area contributed by atoms with Gasteiger partial charge in [0.2, 0.25) is 0 Å². The zero-order valence-corrected chi connectivity index (χ0v) is 20.2. The highest BCUT2D eigenvalue weighted by molar-refractivity contribution is 5.81. The minimum absolute atomic E-state index is 0.391. The van der Waals surface area contributed by atoms with Crippen molar-refractivity contribution < 1.29 is 14.3 Å². The standard InChI is InChI=1S/C25H30N6O3/c1-17-10-18(6-7-19(17)12-26-24(32)34-25(2,3)4)23-22-11-20(15-31(22)29-16-27-23)21-13-28-30(14-21)8-9-33-5/h6-7,10-11,13-16H,8-9,12H2,1-5H3,(H,26,32). The molecule has 0 saturated carbocycles. The topological polar surface area (TPSA) is 95.6 Å². The molecule has 1 aromatic carbocycles. The molecule has 0 atom stereocenters. The lowest BCUT2D eigenvalue weighted by Gasteiger charge is -2.20. The van der Waals surface area contributed by atoms with Gasteiger partial charge in [0.15, 0.2) is 0 Å². The third-order valence-corrected chi connectivity index (χ3v) is 5.34. The van der Waals surface area contributed by atoms with Gasteiger partial charge in [-0.2, -0.15) is 10.2 Å². The molecule has 3 aromatic heterocycles. The van der Waals surface area contributed by atoms with Crippen molar-refractivity contribution in [3.63, 3.8) is 0 Å². The number of nitrogens with one attached hydrogen (secondary N) is 1. The molecule has 34 heavy (non-hydrogen) atoms. The van der Waals surface area contributed by atoms with Crippen LogP contribution in [0.3, 0.4) is 0 Å². The fraction of sp³-hybridized carbons (Fsp3) is 0.360. The number of aromatic nitrogens is 5. The van der Waals surface area contributed by atoms with Crippen LogP contribution in [0.25, 0.3) is 27.9 Å². The summed E-state index contributed by atoms with van der Waals surface area (Å²) in [7, 11) is 1.68. The number of methoxy groups -OCH3 is 1. The van der Waals surface area contributed by atoms with E-state index in [1.165, 1.54) is 0 Å². The van der Waals surface area contributed by atoms with Crippen LogP contribution in [0.5, 0.6) is 0 Å². The lowest BCUT2D eigenvalue weighted by molar-refractivity contribution is 0.0523. The summed E-state index contributed by atoms with van der Waals surface area (Å²) >= 11 is 0. The molecule has 9 heteroatoms. The number of nitrogens with zero attached hydrogens (tertiary/aromatic N) is 5. The van der Waals surface area contributed by atoms with Crippen LogP contribution >= 0.6 is 0 Å². The second kappa shape index (κ2) is 9.64. The normalized spacial score (nSPS) is 11.7. The van der Waals surface area contributed by atoms with Crippen molar-refractivity contribution in [1.29, 1.82) is 0 Å². The van der Waals surface area contributed by atoms with E-state index in [9.17, 15) is 4.79 Å². The molecule has 1 amide bonds. The molecule has 0 fully saturated rings. The van der Waals surface area contributed by atoms with Crippen molar-refractivity contribution in [2.45, 2.75) is 46.4 Å². The third kappa shape index (κ3) is 5.43. The Kier molecular flexibility index (Phi) is 6.65. The largest absolute Gasteiger partial charge is 0.444 e. The lowest BCUT2D eigenvalue weighted by Crippen LogP contribution is -2.32. The van der Waals surface area contributed by atoms with Gasteiger partial charge in [-0.1, -0.05) is 12.1 Å². The zero-order valence-electron chi connectivity index (χ0n) is 20.2. The number of alkyl carbamates (subject to hydrolysis) is 1. The second-order valence-electron chi connectivity index (χ2n) is 9.15. The predicted octanol–water partition coefficient (Wildman–Crippen LogP) is 4.24. The molecule has 0 aliphatic rings. The van der Waals surface area contributed by atoms with Crippen molar-refractivity contribution in [1.82, 2.24) is 29.7 Å². The molecule has 178 valence electrons. The van der Waals surface area contributed by atoms with Crippen LogP contribution < -0.4 is 5.32 Å². The first-order chi connectivity index (χ1) is 16.2. The molecular formula is C25H30N6O3. The molecule has 0 aliphatic carbocycles. The van der Waals surface area contributed by atoms with Gasteiger partial charge >= 0.3 is 6.09 Å². The maximum atomic E-state index is 12.0. The molecule has 0 bridgehead atoms. The molecule has 0 spiro atoms. The van der Waals surface area contributed by atoms with Crippen LogP contribution in [0.4, 0.5) is 4.79 Å². The van der Waals surface area contributed by atoms with Gasteiger partial charge in [0, 0.05) is 42.7 Å². The Morgan fingerprint density at radius 2 is 1.91 bits per heavy atom. The number of ether oxygens (including phenoxy) is 2. The lowest BCUT2D eigenvalue weighted by atomic mass is 10.0. The minimum Gasteiger partial charge on any atom is -0.444 e. The van der Waals surface area contributed by atoms with Gasteiger partial charge in [-0.3, -0.25) is 4.68 Å². The van der Waals surface area contributed by atoms with Crippen molar-refractivity contribution in [3.8, 4) is 22.4 Å². The number of hydrogen-bond acceptors (Lipinski definition) is 6. The van der Waals surface area contributed by atoms with E-state index in [0.29, 0.717) is 19.7 Å². The zero-order chi connectivity index (χ0) is 24.3. The van der Waals surface area contributed by atoms with Gasteiger partial charge in [0.1, 0.15) is 11.9 Å². The summed E-state index contributed by atoms with van der Waals surface area (Å²) in [6, 6.07) is 8.16. The number of hydrogen-bond donors (Lipinski definition) is 1. The summed E-state index contributed by atoms with van der Waals surface area (Å²) in [5, 5.41) is 11.6. The fourth-order valence-corrected chi connectivity index (χ4v) is 3.65. The van der Waals surface area contributed by atoms with Gasteiger partial charge in [-0.05, 0) is 51.0 Å². The summed E-state index contributed by atoms with van der Waals surface area (Å²) < 4.78 is 14.1. The summed E-state index contributed by atoms with van der Waals surface area (Å²) in [6.07, 6.45) is 6.94. The molecule has 4 rings (SSSR count). The molecule has 0 unspecified atom stereocenters. The maximum Gasteiger partial charge on any atom is 0.407 e. The monoisotopic (exact) mass is 462 g/mol. The first-order valence-corrected chi connectivity index (χ1v) is 11.2. The molecule has 0 aliphatic heterocycles. The molecule has 4 aromatic rings. The summed E-state index contributed by atoms with van der Waals surface area (Å²) in [5.74, 6) is 0. The van der Waals surface area contributed by atoms with Crippen LogP contribution in [0.2, 0.25) is 0 Å².